The first-order chi connectivity index (χ1) is 16.0. The minimum Gasteiger partial charge on any atom is -0.352 e. The highest BCUT2D eigenvalue weighted by molar-refractivity contribution is 9.10. The molecule has 0 radical (unpaired) electrons. The lowest BCUT2D eigenvalue weighted by molar-refractivity contribution is 0.310. The highest BCUT2D eigenvalue weighted by Gasteiger charge is 2.41. The fraction of sp³-hybridized carbons (Fsp3) is 0.192. The molecular weight excluding hydrogens is 494 g/mol. The molecule has 2 atom stereocenters. The number of nitrogens with one attached hydrogen (secondary N) is 1. The number of benzene rings is 1. The molecule has 0 spiro atoms. The van der Waals surface area contributed by atoms with Crippen LogP contribution >= 0.6 is 28.1 Å². The van der Waals surface area contributed by atoms with Gasteiger partial charge in [0.2, 0.25) is 0 Å². The number of nitrogens with zero attached hydrogens (tertiary/aromatic N) is 4. The van der Waals surface area contributed by atoms with Crippen LogP contribution in [0.3, 0.4) is 0 Å². The van der Waals surface area contributed by atoms with E-state index in [1.807, 2.05) is 36.7 Å². The number of aromatic nitrogens is 3. The lowest BCUT2D eigenvalue weighted by Crippen LogP contribution is -2.29. The molecule has 0 amide bonds. The normalized spacial score (nSPS) is 17.9. The summed E-state index contributed by atoms with van der Waals surface area (Å²) in [6, 6.07) is 20.7. The zero-order valence-electron chi connectivity index (χ0n) is 18.4. The fourth-order valence-electron chi connectivity index (χ4n) is 4.70. The monoisotopic (exact) mass is 517 g/mol. The third-order valence-electron chi connectivity index (χ3n) is 6.13. The summed E-state index contributed by atoms with van der Waals surface area (Å²) >= 11 is 9.45. The third-order valence-corrected chi connectivity index (χ3v) is 6.97. The SMILES string of the molecule is Cc1cc([C@@H]2[C@@H](c3ccccn3)NC(=S)N2Cc2cccnc2)c(C)n1-c1cccc(Br)c1. The molecule has 1 aliphatic heterocycles. The Hall–Kier alpha value is -3.03. The van der Waals surface area contributed by atoms with E-state index in [9.17, 15) is 0 Å². The van der Waals surface area contributed by atoms with E-state index in [1.165, 1.54) is 17.0 Å². The summed E-state index contributed by atoms with van der Waals surface area (Å²) in [6.07, 6.45) is 5.54. The summed E-state index contributed by atoms with van der Waals surface area (Å²) < 4.78 is 3.36. The van der Waals surface area contributed by atoms with Gasteiger partial charge in [-0.05, 0) is 79.7 Å². The minimum absolute atomic E-state index is 0.000269. The Kier molecular flexibility index (Phi) is 6.00. The van der Waals surface area contributed by atoms with E-state index < -0.39 is 0 Å². The molecule has 1 saturated heterocycles. The lowest BCUT2D eigenvalue weighted by atomic mass is 9.96. The summed E-state index contributed by atoms with van der Waals surface area (Å²) in [7, 11) is 0. The topological polar surface area (TPSA) is 46.0 Å². The van der Waals surface area contributed by atoms with Crippen LogP contribution in [0.1, 0.15) is 40.3 Å². The summed E-state index contributed by atoms with van der Waals surface area (Å²) in [5.74, 6) is 0. The maximum atomic E-state index is 5.84. The number of halogens is 1. The predicted octanol–water partition coefficient (Wildman–Crippen LogP) is 5.82. The second kappa shape index (κ2) is 9.08. The predicted molar refractivity (Wildman–Crippen MR) is 138 cm³/mol. The van der Waals surface area contributed by atoms with Crippen LogP contribution in [-0.2, 0) is 6.54 Å². The molecular formula is C26H24BrN5S. The van der Waals surface area contributed by atoms with Gasteiger partial charge in [-0.15, -0.1) is 0 Å². The summed E-state index contributed by atoms with van der Waals surface area (Å²) in [4.78, 5) is 11.2. The van der Waals surface area contributed by atoms with E-state index in [1.54, 1.807) is 6.20 Å². The molecule has 7 heteroatoms. The Bertz CT molecular complexity index is 1290. The zero-order chi connectivity index (χ0) is 22.9. The van der Waals surface area contributed by atoms with Gasteiger partial charge in [0.1, 0.15) is 0 Å². The number of thiocarbonyl (C=S) groups is 1. The van der Waals surface area contributed by atoms with Crippen LogP contribution in [0, 0.1) is 13.8 Å². The minimum atomic E-state index is -0.0492. The highest BCUT2D eigenvalue weighted by atomic mass is 79.9. The van der Waals surface area contributed by atoms with Gasteiger partial charge in [0, 0.05) is 46.7 Å². The maximum absolute atomic E-state index is 5.84. The smallest absolute Gasteiger partial charge is 0.170 e. The van der Waals surface area contributed by atoms with Gasteiger partial charge in [-0.1, -0.05) is 34.1 Å². The molecule has 5 rings (SSSR count). The second-order valence-electron chi connectivity index (χ2n) is 8.26. The maximum Gasteiger partial charge on any atom is 0.170 e. The van der Waals surface area contributed by atoms with Gasteiger partial charge in [0.05, 0.1) is 17.8 Å². The van der Waals surface area contributed by atoms with Crippen LogP contribution in [0.5, 0.6) is 0 Å². The molecule has 3 aromatic heterocycles. The molecule has 1 aliphatic rings. The molecule has 1 fully saturated rings. The van der Waals surface area contributed by atoms with Crippen LogP contribution < -0.4 is 5.32 Å². The van der Waals surface area contributed by atoms with E-state index in [2.05, 4.69) is 90.9 Å². The van der Waals surface area contributed by atoms with Gasteiger partial charge < -0.3 is 14.8 Å². The number of hydrogen-bond acceptors (Lipinski definition) is 3. The van der Waals surface area contributed by atoms with Crippen molar-refractivity contribution in [3.8, 4) is 5.69 Å². The molecule has 4 heterocycles. The van der Waals surface area contributed by atoms with Crippen LogP contribution in [-0.4, -0.2) is 24.5 Å². The lowest BCUT2D eigenvalue weighted by Gasteiger charge is -2.28. The Balaban J connectivity index is 1.62. The summed E-state index contributed by atoms with van der Waals surface area (Å²) in [6.45, 7) is 5.01. The molecule has 0 aliphatic carbocycles. The van der Waals surface area contributed by atoms with E-state index in [-0.39, 0.29) is 12.1 Å². The number of aryl methyl sites for hydroxylation is 1. The number of hydrogen-bond donors (Lipinski definition) is 1. The van der Waals surface area contributed by atoms with Crippen molar-refractivity contribution >= 4 is 33.3 Å². The van der Waals surface area contributed by atoms with Crippen LogP contribution in [0.2, 0.25) is 0 Å². The van der Waals surface area contributed by atoms with Crippen molar-refractivity contribution < 1.29 is 0 Å². The number of rotatable bonds is 5. The highest BCUT2D eigenvalue weighted by Crippen LogP contribution is 2.42. The van der Waals surface area contributed by atoms with Gasteiger partial charge in [-0.2, -0.15) is 0 Å². The van der Waals surface area contributed by atoms with Crippen LogP contribution in [0.25, 0.3) is 5.69 Å². The van der Waals surface area contributed by atoms with E-state index in [0.717, 1.165) is 26.5 Å². The molecule has 0 unspecified atom stereocenters. The molecule has 1 aromatic carbocycles. The largest absolute Gasteiger partial charge is 0.352 e. The van der Waals surface area contributed by atoms with Crippen molar-refractivity contribution in [2.45, 2.75) is 32.5 Å². The first kappa shape index (κ1) is 21.8. The van der Waals surface area contributed by atoms with Crippen molar-refractivity contribution in [2.24, 2.45) is 0 Å². The van der Waals surface area contributed by atoms with Gasteiger partial charge >= 0.3 is 0 Å². The molecule has 33 heavy (non-hydrogen) atoms. The molecule has 0 saturated carbocycles. The molecule has 4 aromatic rings. The Morgan fingerprint density at radius 3 is 2.64 bits per heavy atom. The summed E-state index contributed by atoms with van der Waals surface area (Å²) in [5.41, 5.74) is 6.84. The average Bonchev–Trinajstić information content (AvgIpc) is 3.30. The van der Waals surface area contributed by atoms with E-state index >= 15 is 0 Å². The first-order valence-electron chi connectivity index (χ1n) is 10.8. The standard InChI is InChI=1S/C26H24BrN5S/c1-17-13-22(18(2)32(17)21-9-5-8-20(27)14-21)25-24(23-10-3-4-12-29-23)30-26(33)31(25)16-19-7-6-11-28-15-19/h3-15,24-25H,16H2,1-2H3,(H,30,33)/t24-,25-/m1/s1. The Labute approximate surface area is 207 Å². The van der Waals surface area contributed by atoms with E-state index in [4.69, 9.17) is 12.2 Å². The third kappa shape index (κ3) is 4.18. The van der Waals surface area contributed by atoms with Crippen molar-refractivity contribution in [2.75, 3.05) is 0 Å². The van der Waals surface area contributed by atoms with Gasteiger partial charge in [-0.25, -0.2) is 0 Å². The molecule has 5 nitrogen and oxygen atoms in total. The first-order valence-corrected chi connectivity index (χ1v) is 12.0. The average molecular weight is 518 g/mol. The van der Waals surface area contributed by atoms with Gasteiger partial charge in [0.25, 0.3) is 0 Å². The molecule has 1 N–H and O–H groups in total. The van der Waals surface area contributed by atoms with Crippen LogP contribution in [0.4, 0.5) is 0 Å². The number of pyridine rings is 2. The molecule has 0 bridgehead atoms. The van der Waals surface area contributed by atoms with Crippen molar-refractivity contribution in [3.63, 3.8) is 0 Å². The second-order valence-corrected chi connectivity index (χ2v) is 9.56. The van der Waals surface area contributed by atoms with Crippen molar-refractivity contribution in [1.82, 2.24) is 24.8 Å². The van der Waals surface area contributed by atoms with Crippen molar-refractivity contribution in [3.05, 3.63) is 112 Å². The van der Waals surface area contributed by atoms with E-state index in [0.29, 0.717) is 6.54 Å². The molecule has 166 valence electrons. The van der Waals surface area contributed by atoms with Crippen molar-refractivity contribution in [1.29, 1.82) is 0 Å². The van der Waals surface area contributed by atoms with Gasteiger partial charge in [0.15, 0.2) is 5.11 Å². The zero-order valence-corrected chi connectivity index (χ0v) is 20.8. The Morgan fingerprint density at radius 1 is 1.03 bits per heavy atom. The fourth-order valence-corrected chi connectivity index (χ4v) is 5.39. The van der Waals surface area contributed by atoms with Gasteiger partial charge in [-0.3, -0.25) is 9.97 Å². The Morgan fingerprint density at radius 2 is 1.91 bits per heavy atom. The van der Waals surface area contributed by atoms with Crippen LogP contribution in [0.15, 0.2) is 83.7 Å². The quantitative estimate of drug-likeness (QED) is 0.338. The summed E-state index contributed by atoms with van der Waals surface area (Å²) in [5, 5.41) is 4.28.